The van der Waals surface area contributed by atoms with Crippen molar-refractivity contribution in [2.75, 3.05) is 6.61 Å². The quantitative estimate of drug-likeness (QED) is 0.819. The predicted molar refractivity (Wildman–Crippen MR) is 71.0 cm³/mol. The number of aliphatic hydroxyl groups is 1. The van der Waals surface area contributed by atoms with Gasteiger partial charge in [0.1, 0.15) is 0 Å². The first-order valence-electron chi connectivity index (χ1n) is 6.76. The van der Waals surface area contributed by atoms with E-state index in [1.807, 2.05) is 0 Å². The molecule has 94 valence electrons. The number of hydrogen-bond donors (Lipinski definition) is 2. The second-order valence-corrected chi connectivity index (χ2v) is 5.08. The fourth-order valence-corrected chi connectivity index (χ4v) is 2.75. The van der Waals surface area contributed by atoms with Gasteiger partial charge in [0.15, 0.2) is 0 Å². The summed E-state index contributed by atoms with van der Waals surface area (Å²) in [6, 6.07) is 9.77. The van der Waals surface area contributed by atoms with Crippen LogP contribution in [0.25, 0.3) is 0 Å². The van der Waals surface area contributed by atoms with Crippen molar-refractivity contribution in [3.63, 3.8) is 0 Å². The lowest BCUT2D eigenvalue weighted by molar-refractivity contribution is 0.272. The number of fused-ring (bicyclic) bond motifs is 1. The molecule has 2 nitrogen and oxygen atoms in total. The Morgan fingerprint density at radius 2 is 2.24 bits per heavy atom. The molecule has 0 aromatic heterocycles. The SMILES string of the molecule is CC(CCCO)NC1CCCc2ccccc21. The first-order valence-corrected chi connectivity index (χ1v) is 6.76. The van der Waals surface area contributed by atoms with E-state index in [-0.39, 0.29) is 0 Å². The number of aryl methyl sites for hydroxylation is 1. The molecule has 1 aromatic rings. The van der Waals surface area contributed by atoms with E-state index in [1.54, 1.807) is 0 Å². The van der Waals surface area contributed by atoms with E-state index in [1.165, 1.54) is 30.4 Å². The monoisotopic (exact) mass is 233 g/mol. The fourth-order valence-electron chi connectivity index (χ4n) is 2.75. The highest BCUT2D eigenvalue weighted by Gasteiger charge is 2.20. The fraction of sp³-hybridized carbons (Fsp3) is 0.600. The first kappa shape index (κ1) is 12.6. The number of aliphatic hydroxyl groups excluding tert-OH is 1. The number of hydrogen-bond acceptors (Lipinski definition) is 2. The van der Waals surface area contributed by atoms with Gasteiger partial charge >= 0.3 is 0 Å². The molecule has 0 amide bonds. The molecular formula is C15H23NO. The lowest BCUT2D eigenvalue weighted by atomic mass is 9.87. The summed E-state index contributed by atoms with van der Waals surface area (Å²) in [5, 5.41) is 12.5. The third-order valence-electron chi connectivity index (χ3n) is 3.65. The van der Waals surface area contributed by atoms with E-state index < -0.39 is 0 Å². The topological polar surface area (TPSA) is 32.3 Å². The van der Waals surface area contributed by atoms with Crippen LogP contribution >= 0.6 is 0 Å². The molecule has 1 aromatic carbocycles. The van der Waals surface area contributed by atoms with Crippen LogP contribution in [0.15, 0.2) is 24.3 Å². The van der Waals surface area contributed by atoms with Gasteiger partial charge in [-0.1, -0.05) is 24.3 Å². The van der Waals surface area contributed by atoms with Gasteiger partial charge in [0.25, 0.3) is 0 Å². The number of benzene rings is 1. The molecule has 1 aliphatic rings. The molecule has 0 spiro atoms. The minimum absolute atomic E-state index is 0.299. The van der Waals surface area contributed by atoms with Crippen LogP contribution in [-0.2, 0) is 6.42 Å². The van der Waals surface area contributed by atoms with Gasteiger partial charge in [0.2, 0.25) is 0 Å². The zero-order chi connectivity index (χ0) is 12.1. The molecule has 0 radical (unpaired) electrons. The highest BCUT2D eigenvalue weighted by Crippen LogP contribution is 2.29. The van der Waals surface area contributed by atoms with Crippen molar-refractivity contribution in [3.05, 3.63) is 35.4 Å². The van der Waals surface area contributed by atoms with Crippen molar-refractivity contribution in [1.29, 1.82) is 0 Å². The first-order chi connectivity index (χ1) is 8.31. The molecule has 0 saturated carbocycles. The maximum absolute atomic E-state index is 8.85. The smallest absolute Gasteiger partial charge is 0.0431 e. The predicted octanol–water partition coefficient (Wildman–Crippen LogP) is 2.81. The number of nitrogens with one attached hydrogen (secondary N) is 1. The second-order valence-electron chi connectivity index (χ2n) is 5.08. The zero-order valence-electron chi connectivity index (χ0n) is 10.7. The Bertz CT molecular complexity index is 351. The van der Waals surface area contributed by atoms with Crippen molar-refractivity contribution in [2.24, 2.45) is 0 Å². The third-order valence-corrected chi connectivity index (χ3v) is 3.65. The molecule has 2 unspecified atom stereocenters. The summed E-state index contributed by atoms with van der Waals surface area (Å²) < 4.78 is 0. The molecular weight excluding hydrogens is 210 g/mol. The van der Waals surface area contributed by atoms with Crippen LogP contribution in [0.2, 0.25) is 0 Å². The summed E-state index contributed by atoms with van der Waals surface area (Å²) in [7, 11) is 0. The van der Waals surface area contributed by atoms with Gasteiger partial charge in [0.05, 0.1) is 0 Å². The average Bonchev–Trinajstić information content (AvgIpc) is 2.37. The summed E-state index contributed by atoms with van der Waals surface area (Å²) in [6.45, 7) is 2.51. The minimum atomic E-state index is 0.299. The average molecular weight is 233 g/mol. The van der Waals surface area contributed by atoms with E-state index in [0.29, 0.717) is 18.7 Å². The van der Waals surface area contributed by atoms with Gasteiger partial charge in [0, 0.05) is 18.7 Å². The standard InChI is InChI=1S/C15H23NO/c1-12(6-5-11-17)16-15-10-4-8-13-7-2-3-9-14(13)15/h2-3,7,9,12,15-17H,4-6,8,10-11H2,1H3. The Hall–Kier alpha value is -0.860. The van der Waals surface area contributed by atoms with Crippen LogP contribution in [-0.4, -0.2) is 17.8 Å². The third kappa shape index (κ3) is 3.30. The Labute approximate surface area is 104 Å². The maximum atomic E-state index is 8.85. The van der Waals surface area contributed by atoms with Gasteiger partial charge in [-0.05, 0) is 50.2 Å². The molecule has 0 bridgehead atoms. The largest absolute Gasteiger partial charge is 0.396 e. The van der Waals surface area contributed by atoms with E-state index >= 15 is 0 Å². The molecule has 2 heteroatoms. The van der Waals surface area contributed by atoms with Gasteiger partial charge in [-0.2, -0.15) is 0 Å². The zero-order valence-corrected chi connectivity index (χ0v) is 10.7. The lowest BCUT2D eigenvalue weighted by Gasteiger charge is -2.29. The lowest BCUT2D eigenvalue weighted by Crippen LogP contribution is -2.32. The van der Waals surface area contributed by atoms with Crippen LogP contribution in [0.4, 0.5) is 0 Å². The summed E-state index contributed by atoms with van der Waals surface area (Å²) >= 11 is 0. The summed E-state index contributed by atoms with van der Waals surface area (Å²) in [4.78, 5) is 0. The number of rotatable bonds is 5. The van der Waals surface area contributed by atoms with Crippen LogP contribution in [0.1, 0.15) is 49.8 Å². The highest BCUT2D eigenvalue weighted by atomic mass is 16.2. The molecule has 0 fully saturated rings. The van der Waals surface area contributed by atoms with Crippen molar-refractivity contribution in [3.8, 4) is 0 Å². The highest BCUT2D eigenvalue weighted by molar-refractivity contribution is 5.32. The normalized spacial score (nSPS) is 20.9. The van der Waals surface area contributed by atoms with Crippen molar-refractivity contribution < 1.29 is 5.11 Å². The van der Waals surface area contributed by atoms with Crippen molar-refractivity contribution in [2.45, 2.75) is 51.1 Å². The van der Waals surface area contributed by atoms with Crippen LogP contribution in [0, 0.1) is 0 Å². The summed E-state index contributed by atoms with van der Waals surface area (Å²) in [6.07, 6.45) is 5.68. The molecule has 1 aliphatic carbocycles. The van der Waals surface area contributed by atoms with Crippen molar-refractivity contribution >= 4 is 0 Å². The molecule has 0 aliphatic heterocycles. The van der Waals surface area contributed by atoms with E-state index in [9.17, 15) is 0 Å². The Balaban J connectivity index is 1.98. The Morgan fingerprint density at radius 1 is 1.41 bits per heavy atom. The minimum Gasteiger partial charge on any atom is -0.396 e. The van der Waals surface area contributed by atoms with Crippen LogP contribution in [0.3, 0.4) is 0 Å². The second kappa shape index (κ2) is 6.18. The Kier molecular flexibility index (Phi) is 4.57. The molecule has 17 heavy (non-hydrogen) atoms. The molecule has 2 N–H and O–H groups in total. The molecule has 0 saturated heterocycles. The van der Waals surface area contributed by atoms with Crippen molar-refractivity contribution in [1.82, 2.24) is 5.32 Å². The maximum Gasteiger partial charge on any atom is 0.0431 e. The van der Waals surface area contributed by atoms with E-state index in [4.69, 9.17) is 5.11 Å². The van der Waals surface area contributed by atoms with Gasteiger partial charge in [-0.3, -0.25) is 0 Å². The van der Waals surface area contributed by atoms with Crippen LogP contribution < -0.4 is 5.32 Å². The van der Waals surface area contributed by atoms with Gasteiger partial charge in [-0.15, -0.1) is 0 Å². The molecule has 2 rings (SSSR count). The summed E-state index contributed by atoms with van der Waals surface area (Å²) in [5.74, 6) is 0. The van der Waals surface area contributed by atoms with E-state index in [0.717, 1.165) is 12.8 Å². The van der Waals surface area contributed by atoms with Gasteiger partial charge < -0.3 is 10.4 Å². The van der Waals surface area contributed by atoms with Crippen LogP contribution in [0.5, 0.6) is 0 Å². The molecule has 2 atom stereocenters. The van der Waals surface area contributed by atoms with E-state index in [2.05, 4.69) is 36.5 Å². The van der Waals surface area contributed by atoms with Gasteiger partial charge in [-0.25, -0.2) is 0 Å². The summed E-state index contributed by atoms with van der Waals surface area (Å²) in [5.41, 5.74) is 2.99. The Morgan fingerprint density at radius 3 is 3.06 bits per heavy atom. The molecule has 0 heterocycles.